The lowest BCUT2D eigenvalue weighted by Gasteiger charge is -2.26. The number of carbonyl (C=O) groups is 1. The van der Waals surface area contributed by atoms with Gasteiger partial charge in [-0.25, -0.2) is 0 Å². The maximum absolute atomic E-state index is 12.5. The number of benzene rings is 2. The van der Waals surface area contributed by atoms with Gasteiger partial charge in [0, 0.05) is 42.9 Å². The maximum Gasteiger partial charge on any atom is 0.269 e. The van der Waals surface area contributed by atoms with Crippen molar-refractivity contribution in [1.29, 1.82) is 0 Å². The van der Waals surface area contributed by atoms with Crippen molar-refractivity contribution in [3.05, 3.63) is 86.0 Å². The first kappa shape index (κ1) is 18.3. The normalized spacial score (nSPS) is 12.4. The van der Waals surface area contributed by atoms with E-state index in [0.29, 0.717) is 11.1 Å². The van der Waals surface area contributed by atoms with Gasteiger partial charge in [-0.15, -0.1) is 0 Å². The van der Waals surface area contributed by atoms with Gasteiger partial charge in [-0.3, -0.25) is 25.0 Å². The highest BCUT2D eigenvalue weighted by molar-refractivity contribution is 5.96. The average Bonchev–Trinajstić information content (AvgIpc) is 2.60. The van der Waals surface area contributed by atoms with Crippen LogP contribution in [0.25, 0.3) is 0 Å². The molecule has 0 unspecified atom stereocenters. The summed E-state index contributed by atoms with van der Waals surface area (Å²) in [5.74, 6) is -0.921. The van der Waals surface area contributed by atoms with Gasteiger partial charge in [-0.05, 0) is 5.56 Å². The fourth-order valence-electron chi connectivity index (χ4n) is 2.66. The Balaban J connectivity index is 2.38. The van der Waals surface area contributed by atoms with Crippen molar-refractivity contribution in [2.45, 2.75) is 31.7 Å². The fourth-order valence-corrected chi connectivity index (χ4v) is 2.66. The molecule has 7 heteroatoms. The predicted molar refractivity (Wildman–Crippen MR) is 92.3 cm³/mol. The molecule has 0 N–H and O–H groups in total. The van der Waals surface area contributed by atoms with Crippen LogP contribution in [0, 0.1) is 20.2 Å². The molecule has 0 aliphatic rings. The first-order valence-corrected chi connectivity index (χ1v) is 7.70. The predicted octanol–water partition coefficient (Wildman–Crippen LogP) is 4.01. The van der Waals surface area contributed by atoms with E-state index in [4.69, 9.17) is 0 Å². The molecule has 0 aliphatic heterocycles. The van der Waals surface area contributed by atoms with Crippen molar-refractivity contribution in [1.82, 2.24) is 0 Å². The van der Waals surface area contributed by atoms with Gasteiger partial charge in [-0.1, -0.05) is 42.5 Å². The molecule has 1 atom stereocenters. The minimum absolute atomic E-state index is 0.0597. The molecule has 0 radical (unpaired) electrons. The minimum Gasteiger partial charge on any atom is -0.294 e. The summed E-state index contributed by atoms with van der Waals surface area (Å²) in [6.45, 7) is 2.91. The van der Waals surface area contributed by atoms with Gasteiger partial charge < -0.3 is 0 Å². The summed E-state index contributed by atoms with van der Waals surface area (Å²) in [4.78, 5) is 33.9. The van der Waals surface area contributed by atoms with E-state index in [1.807, 2.05) is 0 Å². The Morgan fingerprint density at radius 2 is 1.56 bits per heavy atom. The van der Waals surface area contributed by atoms with Gasteiger partial charge in [0.25, 0.3) is 5.69 Å². The third-order valence-corrected chi connectivity index (χ3v) is 4.31. The van der Waals surface area contributed by atoms with Crippen molar-refractivity contribution >= 4 is 11.5 Å². The van der Waals surface area contributed by atoms with Crippen molar-refractivity contribution < 1.29 is 14.6 Å². The molecule has 130 valence electrons. The number of rotatable bonds is 7. The van der Waals surface area contributed by atoms with Crippen LogP contribution < -0.4 is 0 Å². The van der Waals surface area contributed by atoms with Gasteiger partial charge in [-0.2, -0.15) is 0 Å². The van der Waals surface area contributed by atoms with E-state index in [1.165, 1.54) is 38.1 Å². The first-order chi connectivity index (χ1) is 11.7. The fraction of sp³-hybridized carbons (Fsp3) is 0.278. The molecule has 0 amide bonds. The minimum atomic E-state index is -1.40. The molecule has 25 heavy (non-hydrogen) atoms. The van der Waals surface area contributed by atoms with Crippen molar-refractivity contribution in [3.63, 3.8) is 0 Å². The number of nitrogens with zero attached hydrogens (tertiary/aromatic N) is 2. The van der Waals surface area contributed by atoms with Gasteiger partial charge >= 0.3 is 0 Å². The molecule has 0 aromatic heterocycles. The number of ketones is 1. The highest BCUT2D eigenvalue weighted by atomic mass is 16.6. The van der Waals surface area contributed by atoms with E-state index < -0.39 is 21.3 Å². The number of hydrogen-bond acceptors (Lipinski definition) is 5. The SMILES string of the molecule is CC(C)([C@H](CC(=O)c1ccccc1)c1ccc([N+](=O)[O-])cc1)[N+](=O)[O-]. The van der Waals surface area contributed by atoms with Crippen molar-refractivity contribution in [2.24, 2.45) is 0 Å². The lowest BCUT2D eigenvalue weighted by atomic mass is 9.78. The van der Waals surface area contributed by atoms with Gasteiger partial charge in [0.2, 0.25) is 5.54 Å². The van der Waals surface area contributed by atoms with E-state index in [-0.39, 0.29) is 17.9 Å². The van der Waals surface area contributed by atoms with Gasteiger partial charge in [0.15, 0.2) is 5.78 Å². The molecule has 0 bridgehead atoms. The van der Waals surface area contributed by atoms with E-state index in [1.54, 1.807) is 30.3 Å². The summed E-state index contributed by atoms with van der Waals surface area (Å²) in [5.41, 5.74) is -0.499. The van der Waals surface area contributed by atoms with Gasteiger partial charge in [0.1, 0.15) is 0 Å². The number of nitro groups is 2. The topological polar surface area (TPSA) is 103 Å². The van der Waals surface area contributed by atoms with Crippen LogP contribution in [0.1, 0.15) is 42.1 Å². The van der Waals surface area contributed by atoms with E-state index in [2.05, 4.69) is 0 Å². The molecule has 0 aliphatic carbocycles. The largest absolute Gasteiger partial charge is 0.294 e. The summed E-state index contributed by atoms with van der Waals surface area (Å²) in [6, 6.07) is 14.1. The van der Waals surface area contributed by atoms with Crippen LogP contribution in [0.3, 0.4) is 0 Å². The number of hydrogen-bond donors (Lipinski definition) is 0. The molecule has 2 rings (SSSR count). The first-order valence-electron chi connectivity index (χ1n) is 7.70. The molecule has 0 spiro atoms. The summed E-state index contributed by atoms with van der Waals surface area (Å²) < 4.78 is 0. The average molecular weight is 342 g/mol. The smallest absolute Gasteiger partial charge is 0.269 e. The molecular weight excluding hydrogens is 324 g/mol. The standard InChI is InChI=1S/C18H18N2O5/c1-18(2,20(24)25)16(12-17(21)14-6-4-3-5-7-14)13-8-10-15(11-9-13)19(22)23/h3-11,16H,12H2,1-2H3/t16-/m1/s1. The zero-order chi connectivity index (χ0) is 18.6. The number of non-ortho nitro benzene ring substituents is 1. The second-order valence-electron chi connectivity index (χ2n) is 6.31. The van der Waals surface area contributed by atoms with Crippen LogP contribution in [0.5, 0.6) is 0 Å². The summed E-state index contributed by atoms with van der Waals surface area (Å²) in [5, 5.41) is 22.3. The molecular formula is C18H18N2O5. The Morgan fingerprint density at radius 1 is 1.00 bits per heavy atom. The summed E-state index contributed by atoms with van der Waals surface area (Å²) in [6.07, 6.45) is -0.0597. The number of carbonyl (C=O) groups excluding carboxylic acids is 1. The maximum atomic E-state index is 12.5. The molecule has 0 heterocycles. The molecule has 7 nitrogen and oxygen atoms in total. The highest BCUT2D eigenvalue weighted by Gasteiger charge is 2.43. The lowest BCUT2D eigenvalue weighted by molar-refractivity contribution is -0.565. The third kappa shape index (κ3) is 4.06. The Bertz CT molecular complexity index is 785. The van der Waals surface area contributed by atoms with E-state index in [0.717, 1.165) is 0 Å². The van der Waals surface area contributed by atoms with E-state index in [9.17, 15) is 25.0 Å². The van der Waals surface area contributed by atoms with Crippen LogP contribution >= 0.6 is 0 Å². The van der Waals surface area contributed by atoms with Crippen LogP contribution in [0.15, 0.2) is 54.6 Å². The van der Waals surface area contributed by atoms with Crippen LogP contribution in [-0.4, -0.2) is 21.2 Å². The zero-order valence-electron chi connectivity index (χ0n) is 13.9. The summed E-state index contributed by atoms with van der Waals surface area (Å²) >= 11 is 0. The Labute approximate surface area is 144 Å². The molecule has 0 saturated carbocycles. The molecule has 2 aromatic carbocycles. The van der Waals surface area contributed by atoms with E-state index >= 15 is 0 Å². The van der Waals surface area contributed by atoms with Crippen molar-refractivity contribution in [2.75, 3.05) is 0 Å². The molecule has 0 fully saturated rings. The van der Waals surface area contributed by atoms with Crippen LogP contribution in [0.4, 0.5) is 5.69 Å². The van der Waals surface area contributed by atoms with Crippen LogP contribution in [0.2, 0.25) is 0 Å². The quantitative estimate of drug-likeness (QED) is 0.429. The Hall–Kier alpha value is -3.09. The van der Waals surface area contributed by atoms with Crippen LogP contribution in [-0.2, 0) is 0 Å². The highest BCUT2D eigenvalue weighted by Crippen LogP contribution is 2.35. The Kier molecular flexibility index (Phi) is 5.26. The second-order valence-corrected chi connectivity index (χ2v) is 6.31. The number of nitro benzene ring substituents is 1. The molecule has 0 saturated heterocycles. The number of Topliss-reactive ketones (excluding diaryl/α,β-unsaturated/α-hetero) is 1. The molecule has 2 aromatic rings. The Morgan fingerprint density at radius 3 is 2.04 bits per heavy atom. The summed E-state index contributed by atoms with van der Waals surface area (Å²) in [7, 11) is 0. The second kappa shape index (κ2) is 7.21. The van der Waals surface area contributed by atoms with Crippen molar-refractivity contribution in [3.8, 4) is 0 Å². The lowest BCUT2D eigenvalue weighted by Crippen LogP contribution is -2.39. The third-order valence-electron chi connectivity index (χ3n) is 4.31. The monoisotopic (exact) mass is 342 g/mol. The zero-order valence-corrected chi connectivity index (χ0v) is 13.9. The van der Waals surface area contributed by atoms with Gasteiger partial charge in [0.05, 0.1) is 10.8 Å².